The fraction of sp³-hybridized carbons (Fsp3) is 0.0435. The molecule has 0 saturated heterocycles. The van der Waals surface area contributed by atoms with Gasteiger partial charge in [-0.15, -0.1) is 10.2 Å². The molecule has 0 saturated carbocycles. The Morgan fingerprint density at radius 1 is 0.867 bits per heavy atom. The van der Waals surface area contributed by atoms with E-state index in [1.165, 1.54) is 17.8 Å². The Balaban J connectivity index is 1.64. The highest BCUT2D eigenvalue weighted by atomic mass is 32.2. The molecule has 0 unspecified atom stereocenters. The SMILES string of the molecule is O=[N+]([O-])c1cccc(C2=CSC3=NN=C(c4ccccc4)[C@H](c4ccccc4)N23)c1. The number of fused-ring (bicyclic) bond motifs is 1. The zero-order valence-corrected chi connectivity index (χ0v) is 16.6. The Hall–Kier alpha value is -3.71. The van der Waals surface area contributed by atoms with Crippen molar-refractivity contribution in [3.63, 3.8) is 0 Å². The molecule has 0 spiro atoms. The third-order valence-corrected chi connectivity index (χ3v) is 5.87. The van der Waals surface area contributed by atoms with Gasteiger partial charge in [0.1, 0.15) is 6.04 Å². The number of hydrogen-bond acceptors (Lipinski definition) is 6. The van der Waals surface area contributed by atoms with Crippen LogP contribution in [0.5, 0.6) is 0 Å². The van der Waals surface area contributed by atoms with Crippen molar-refractivity contribution in [2.45, 2.75) is 6.04 Å². The third-order valence-electron chi connectivity index (χ3n) is 5.04. The van der Waals surface area contributed by atoms with Gasteiger partial charge in [-0.3, -0.25) is 10.1 Å². The minimum absolute atomic E-state index is 0.0639. The molecule has 146 valence electrons. The molecule has 0 radical (unpaired) electrons. The minimum Gasteiger partial charge on any atom is -0.305 e. The normalized spacial score (nSPS) is 17.7. The molecule has 0 N–H and O–H groups in total. The molecule has 3 aromatic rings. The van der Waals surface area contributed by atoms with E-state index in [0.717, 1.165) is 33.3 Å². The summed E-state index contributed by atoms with van der Waals surface area (Å²) in [6.45, 7) is 0. The maximum atomic E-state index is 11.3. The van der Waals surface area contributed by atoms with Crippen LogP contribution in [0.1, 0.15) is 22.7 Å². The van der Waals surface area contributed by atoms with Crippen molar-refractivity contribution >= 4 is 34.0 Å². The topological polar surface area (TPSA) is 71.1 Å². The van der Waals surface area contributed by atoms with E-state index < -0.39 is 0 Å². The second-order valence-corrected chi connectivity index (χ2v) is 7.68. The van der Waals surface area contributed by atoms with Gasteiger partial charge < -0.3 is 4.90 Å². The van der Waals surface area contributed by atoms with Crippen molar-refractivity contribution in [2.75, 3.05) is 0 Å². The molecule has 0 bridgehead atoms. The molecule has 1 atom stereocenters. The average molecular weight is 412 g/mol. The highest BCUT2D eigenvalue weighted by molar-refractivity contribution is 8.16. The van der Waals surface area contributed by atoms with Gasteiger partial charge >= 0.3 is 0 Å². The van der Waals surface area contributed by atoms with Crippen LogP contribution in [0.15, 0.2) is 101 Å². The highest BCUT2D eigenvalue weighted by Crippen LogP contribution is 2.43. The molecule has 30 heavy (non-hydrogen) atoms. The van der Waals surface area contributed by atoms with Gasteiger partial charge in [-0.2, -0.15) is 0 Å². The summed E-state index contributed by atoms with van der Waals surface area (Å²) < 4.78 is 0. The Kier molecular flexibility index (Phi) is 4.65. The monoisotopic (exact) mass is 412 g/mol. The predicted molar refractivity (Wildman–Crippen MR) is 120 cm³/mol. The van der Waals surface area contributed by atoms with Gasteiger partial charge in [0, 0.05) is 28.7 Å². The number of nitro groups is 1. The number of benzene rings is 3. The summed E-state index contributed by atoms with van der Waals surface area (Å²) in [6.07, 6.45) is 0. The molecule has 2 aliphatic heterocycles. The Morgan fingerprint density at radius 2 is 1.57 bits per heavy atom. The lowest BCUT2D eigenvalue weighted by atomic mass is 9.94. The van der Waals surface area contributed by atoms with Crippen LogP contribution in [-0.4, -0.2) is 20.7 Å². The minimum atomic E-state index is -0.372. The van der Waals surface area contributed by atoms with E-state index >= 15 is 0 Å². The van der Waals surface area contributed by atoms with Crippen LogP contribution in [0.3, 0.4) is 0 Å². The van der Waals surface area contributed by atoms with Gasteiger partial charge in [-0.05, 0) is 5.56 Å². The van der Waals surface area contributed by atoms with Gasteiger partial charge in [0.2, 0.25) is 0 Å². The lowest BCUT2D eigenvalue weighted by molar-refractivity contribution is -0.384. The summed E-state index contributed by atoms with van der Waals surface area (Å²) in [5.74, 6) is 0. The summed E-state index contributed by atoms with van der Waals surface area (Å²) >= 11 is 1.48. The first-order valence-electron chi connectivity index (χ1n) is 9.39. The molecule has 2 heterocycles. The average Bonchev–Trinajstić information content (AvgIpc) is 3.24. The summed E-state index contributed by atoms with van der Waals surface area (Å²) in [5, 5.41) is 23.1. The maximum Gasteiger partial charge on any atom is 0.270 e. The number of thioether (sulfide) groups is 1. The summed E-state index contributed by atoms with van der Waals surface area (Å²) in [4.78, 5) is 13.0. The van der Waals surface area contributed by atoms with E-state index in [1.54, 1.807) is 12.1 Å². The van der Waals surface area contributed by atoms with Crippen molar-refractivity contribution in [3.05, 3.63) is 117 Å². The molecule has 0 amide bonds. The summed E-state index contributed by atoms with van der Waals surface area (Å²) in [5.41, 5.74) is 4.62. The van der Waals surface area contributed by atoms with Gasteiger partial charge in [-0.1, -0.05) is 84.6 Å². The van der Waals surface area contributed by atoms with E-state index in [1.807, 2.05) is 60.0 Å². The van der Waals surface area contributed by atoms with Crippen LogP contribution in [0, 0.1) is 10.1 Å². The number of hydrogen-bond donors (Lipinski definition) is 0. The van der Waals surface area contributed by atoms with Crippen molar-refractivity contribution in [3.8, 4) is 0 Å². The predicted octanol–water partition coefficient (Wildman–Crippen LogP) is 5.46. The fourth-order valence-corrected chi connectivity index (χ4v) is 4.54. The number of non-ortho nitro benzene ring substituents is 1. The zero-order chi connectivity index (χ0) is 20.5. The fourth-order valence-electron chi connectivity index (χ4n) is 3.67. The quantitative estimate of drug-likeness (QED) is 0.422. The van der Waals surface area contributed by atoms with Crippen LogP contribution in [0.4, 0.5) is 5.69 Å². The first-order chi connectivity index (χ1) is 14.7. The molecule has 0 fully saturated rings. The molecule has 3 aromatic carbocycles. The first kappa shape index (κ1) is 18.3. The highest BCUT2D eigenvalue weighted by Gasteiger charge is 2.38. The molecule has 0 aliphatic carbocycles. The summed E-state index contributed by atoms with van der Waals surface area (Å²) in [6, 6.07) is 26.6. The third kappa shape index (κ3) is 3.19. The molecule has 7 heteroatoms. The van der Waals surface area contributed by atoms with Crippen LogP contribution in [0.2, 0.25) is 0 Å². The molecular weight excluding hydrogens is 396 g/mol. The number of nitro benzene ring substituents is 1. The Labute approximate surface area is 177 Å². The maximum absolute atomic E-state index is 11.3. The van der Waals surface area contributed by atoms with Crippen LogP contribution < -0.4 is 0 Å². The van der Waals surface area contributed by atoms with Crippen molar-refractivity contribution in [2.24, 2.45) is 10.2 Å². The largest absolute Gasteiger partial charge is 0.305 e. The molecule has 6 nitrogen and oxygen atoms in total. The molecular formula is C23H16N4O2S. The standard InChI is InChI=1S/C23H16N4O2S/c28-27(29)19-13-7-12-18(14-19)20-15-30-23-25-24-21(16-8-3-1-4-9-16)22(26(20)23)17-10-5-2-6-11-17/h1-15,22H/t22-/m0/s1. The first-order valence-corrected chi connectivity index (χ1v) is 10.3. The Bertz CT molecular complexity index is 1210. The molecule has 5 rings (SSSR count). The molecule has 2 aliphatic rings. The van der Waals surface area contributed by atoms with Gasteiger partial charge in [-0.25, -0.2) is 0 Å². The molecule has 0 aromatic heterocycles. The van der Waals surface area contributed by atoms with Crippen molar-refractivity contribution in [1.29, 1.82) is 0 Å². The van der Waals surface area contributed by atoms with E-state index in [4.69, 9.17) is 0 Å². The Morgan fingerprint density at radius 3 is 2.30 bits per heavy atom. The van der Waals surface area contributed by atoms with Crippen LogP contribution >= 0.6 is 11.8 Å². The number of nitrogens with zero attached hydrogens (tertiary/aromatic N) is 4. The smallest absolute Gasteiger partial charge is 0.270 e. The van der Waals surface area contributed by atoms with Gasteiger partial charge in [0.05, 0.1) is 16.3 Å². The van der Waals surface area contributed by atoms with E-state index in [9.17, 15) is 10.1 Å². The lowest BCUT2D eigenvalue weighted by Gasteiger charge is -2.34. The van der Waals surface area contributed by atoms with E-state index in [2.05, 4.69) is 27.2 Å². The van der Waals surface area contributed by atoms with E-state index in [0.29, 0.717) is 0 Å². The number of amidine groups is 1. The zero-order valence-electron chi connectivity index (χ0n) is 15.8. The number of rotatable bonds is 4. The van der Waals surface area contributed by atoms with Gasteiger partial charge in [0.25, 0.3) is 5.69 Å². The summed E-state index contributed by atoms with van der Waals surface area (Å²) in [7, 11) is 0. The second-order valence-electron chi connectivity index (χ2n) is 6.85. The van der Waals surface area contributed by atoms with Crippen LogP contribution in [-0.2, 0) is 0 Å². The van der Waals surface area contributed by atoms with Crippen molar-refractivity contribution < 1.29 is 4.92 Å². The lowest BCUT2D eigenvalue weighted by Crippen LogP contribution is -2.37. The van der Waals surface area contributed by atoms with Crippen LogP contribution in [0.25, 0.3) is 5.70 Å². The van der Waals surface area contributed by atoms with Gasteiger partial charge in [0.15, 0.2) is 5.17 Å². The second kappa shape index (κ2) is 7.61. The van der Waals surface area contributed by atoms with Crippen molar-refractivity contribution in [1.82, 2.24) is 4.90 Å². The van der Waals surface area contributed by atoms with E-state index in [-0.39, 0.29) is 16.7 Å².